The Kier molecular flexibility index (Phi) is 5.87. The summed E-state index contributed by atoms with van der Waals surface area (Å²) in [7, 11) is 0. The van der Waals surface area contributed by atoms with E-state index < -0.39 is 0 Å². The Morgan fingerprint density at radius 1 is 1.03 bits per heavy atom. The highest BCUT2D eigenvalue weighted by Gasteiger charge is 2.13. The third-order valence-corrected chi connectivity index (χ3v) is 6.18. The SMILES string of the molecule is CSc1cc(CSc2cc(-c3ncc[nH]3)c(-c3ccc(F)cc3)cn2)ccc1O. The van der Waals surface area contributed by atoms with E-state index >= 15 is 0 Å². The van der Waals surface area contributed by atoms with E-state index in [-0.39, 0.29) is 5.82 Å². The number of aromatic nitrogens is 3. The van der Waals surface area contributed by atoms with Crippen molar-refractivity contribution in [3.8, 4) is 28.3 Å². The maximum atomic E-state index is 13.3. The number of thioether (sulfide) groups is 2. The predicted octanol–water partition coefficient (Wildman–Crippen LogP) is 6.00. The lowest BCUT2D eigenvalue weighted by Crippen LogP contribution is -1.92. The number of imidazole rings is 1. The van der Waals surface area contributed by atoms with Gasteiger partial charge in [-0.3, -0.25) is 0 Å². The molecule has 2 aromatic heterocycles. The second kappa shape index (κ2) is 8.71. The van der Waals surface area contributed by atoms with Crippen molar-refractivity contribution in [3.63, 3.8) is 0 Å². The van der Waals surface area contributed by atoms with Crippen LogP contribution < -0.4 is 0 Å². The molecule has 0 atom stereocenters. The lowest BCUT2D eigenvalue weighted by atomic mass is 10.0. The molecule has 2 N–H and O–H groups in total. The number of benzene rings is 2. The normalized spacial score (nSPS) is 11.0. The molecule has 0 bridgehead atoms. The van der Waals surface area contributed by atoms with Crippen LogP contribution in [0.15, 0.2) is 77.0 Å². The molecule has 0 fully saturated rings. The number of nitrogens with zero attached hydrogens (tertiary/aromatic N) is 2. The number of phenolic OH excluding ortho intramolecular Hbond substituents is 1. The van der Waals surface area contributed by atoms with Crippen molar-refractivity contribution < 1.29 is 9.50 Å². The first kappa shape index (κ1) is 19.5. The fraction of sp³-hybridized carbons (Fsp3) is 0.0909. The van der Waals surface area contributed by atoms with Crippen LogP contribution in [0.2, 0.25) is 0 Å². The zero-order valence-electron chi connectivity index (χ0n) is 15.6. The summed E-state index contributed by atoms with van der Waals surface area (Å²) >= 11 is 3.13. The Hall–Kier alpha value is -2.77. The maximum Gasteiger partial charge on any atom is 0.138 e. The van der Waals surface area contributed by atoms with Gasteiger partial charge in [-0.15, -0.1) is 23.5 Å². The van der Waals surface area contributed by atoms with Crippen molar-refractivity contribution in [2.75, 3.05) is 6.26 Å². The summed E-state index contributed by atoms with van der Waals surface area (Å²) in [5.41, 5.74) is 3.79. The van der Waals surface area contributed by atoms with Gasteiger partial charge in [-0.2, -0.15) is 0 Å². The molecular weight excluding hydrogens is 405 g/mol. The van der Waals surface area contributed by atoms with Gasteiger partial charge in [0.05, 0.1) is 5.03 Å². The molecule has 4 nitrogen and oxygen atoms in total. The average Bonchev–Trinajstić information content (AvgIpc) is 3.28. The predicted molar refractivity (Wildman–Crippen MR) is 117 cm³/mol. The van der Waals surface area contributed by atoms with Gasteiger partial charge in [-0.25, -0.2) is 14.4 Å². The molecule has 0 aliphatic heterocycles. The molecule has 4 rings (SSSR count). The largest absolute Gasteiger partial charge is 0.507 e. The molecule has 29 heavy (non-hydrogen) atoms. The molecule has 7 heteroatoms. The zero-order valence-corrected chi connectivity index (χ0v) is 17.2. The number of aromatic amines is 1. The molecule has 146 valence electrons. The second-order valence-corrected chi connectivity index (χ2v) is 8.15. The van der Waals surface area contributed by atoms with Crippen molar-refractivity contribution in [2.45, 2.75) is 15.7 Å². The second-order valence-electron chi connectivity index (χ2n) is 6.31. The number of phenols is 1. The van der Waals surface area contributed by atoms with Crippen LogP contribution in [-0.4, -0.2) is 26.3 Å². The molecule has 0 aliphatic carbocycles. The third kappa shape index (κ3) is 4.46. The van der Waals surface area contributed by atoms with Gasteiger partial charge in [-0.05, 0) is 47.7 Å². The van der Waals surface area contributed by atoms with E-state index in [1.807, 2.05) is 24.5 Å². The van der Waals surface area contributed by atoms with Gasteiger partial charge in [0.15, 0.2) is 0 Å². The first-order chi connectivity index (χ1) is 14.1. The number of halogens is 1. The molecular formula is C22H18FN3OS2. The van der Waals surface area contributed by atoms with Crippen LogP contribution in [0.5, 0.6) is 5.75 Å². The van der Waals surface area contributed by atoms with Crippen molar-refractivity contribution in [1.29, 1.82) is 0 Å². The summed E-state index contributed by atoms with van der Waals surface area (Å²) in [4.78, 5) is 13.0. The van der Waals surface area contributed by atoms with Crippen molar-refractivity contribution in [2.24, 2.45) is 0 Å². The standard InChI is InChI=1S/C22H18FN3OS2/c1-28-20-10-14(2-7-19(20)27)13-29-21-11-17(22-24-8-9-25-22)18(12-26-21)15-3-5-16(23)6-4-15/h2-12,27H,13H2,1H3,(H,24,25). The highest BCUT2D eigenvalue weighted by Crippen LogP contribution is 2.34. The third-order valence-electron chi connectivity index (χ3n) is 4.42. The topological polar surface area (TPSA) is 61.8 Å². The number of rotatable bonds is 6. The van der Waals surface area contributed by atoms with Gasteiger partial charge in [0.2, 0.25) is 0 Å². The minimum absolute atomic E-state index is 0.271. The summed E-state index contributed by atoms with van der Waals surface area (Å²) < 4.78 is 13.3. The first-order valence-corrected chi connectivity index (χ1v) is 11.1. The minimum Gasteiger partial charge on any atom is -0.507 e. The number of H-pyrrole nitrogens is 1. The Morgan fingerprint density at radius 3 is 2.59 bits per heavy atom. The van der Waals surface area contributed by atoms with Crippen molar-refractivity contribution >= 4 is 23.5 Å². The van der Waals surface area contributed by atoms with E-state index in [1.165, 1.54) is 23.9 Å². The molecule has 2 aromatic carbocycles. The van der Waals surface area contributed by atoms with Gasteiger partial charge >= 0.3 is 0 Å². The van der Waals surface area contributed by atoms with Crippen molar-refractivity contribution in [1.82, 2.24) is 15.0 Å². The summed E-state index contributed by atoms with van der Waals surface area (Å²) in [6.07, 6.45) is 7.23. The monoisotopic (exact) mass is 423 g/mol. The van der Waals surface area contributed by atoms with Crippen LogP contribution in [0.3, 0.4) is 0 Å². The first-order valence-electron chi connectivity index (χ1n) is 8.88. The number of aromatic hydroxyl groups is 1. The molecule has 0 unspecified atom stereocenters. The van der Waals surface area contributed by atoms with E-state index in [1.54, 1.807) is 48.6 Å². The molecule has 0 saturated carbocycles. The Labute approximate surface area is 176 Å². The number of hydrogen-bond acceptors (Lipinski definition) is 5. The van der Waals surface area contributed by atoms with E-state index in [9.17, 15) is 9.50 Å². The van der Waals surface area contributed by atoms with Gasteiger partial charge < -0.3 is 10.1 Å². The Balaban J connectivity index is 1.63. The van der Waals surface area contributed by atoms with Crippen LogP contribution in [-0.2, 0) is 5.75 Å². The molecule has 4 aromatic rings. The van der Waals surface area contributed by atoms with Crippen LogP contribution >= 0.6 is 23.5 Å². The summed E-state index contributed by atoms with van der Waals surface area (Å²) in [5, 5.41) is 10.7. The number of nitrogens with one attached hydrogen (secondary N) is 1. The van der Waals surface area contributed by atoms with Gasteiger partial charge in [0.25, 0.3) is 0 Å². The quantitative estimate of drug-likeness (QED) is 0.373. The number of hydrogen-bond donors (Lipinski definition) is 2. The number of pyridine rings is 1. The highest BCUT2D eigenvalue weighted by molar-refractivity contribution is 7.99. The molecule has 0 saturated heterocycles. The maximum absolute atomic E-state index is 13.3. The van der Waals surface area contributed by atoms with E-state index in [0.717, 1.165) is 43.8 Å². The zero-order chi connectivity index (χ0) is 20.2. The van der Waals surface area contributed by atoms with E-state index in [2.05, 4.69) is 15.0 Å². The molecule has 0 aliphatic rings. The smallest absolute Gasteiger partial charge is 0.138 e. The minimum atomic E-state index is -0.271. The van der Waals surface area contributed by atoms with Crippen LogP contribution in [0.25, 0.3) is 22.5 Å². The molecule has 0 radical (unpaired) electrons. The fourth-order valence-electron chi connectivity index (χ4n) is 2.95. The molecule has 0 amide bonds. The van der Waals surface area contributed by atoms with Crippen LogP contribution in [0.4, 0.5) is 4.39 Å². The summed E-state index contributed by atoms with van der Waals surface area (Å²) in [6, 6.07) is 14.0. The van der Waals surface area contributed by atoms with Gasteiger partial charge in [0, 0.05) is 40.4 Å². The van der Waals surface area contributed by atoms with E-state index in [0.29, 0.717) is 5.75 Å². The Morgan fingerprint density at radius 2 is 1.86 bits per heavy atom. The van der Waals surface area contributed by atoms with E-state index in [4.69, 9.17) is 0 Å². The van der Waals surface area contributed by atoms with Gasteiger partial charge in [0.1, 0.15) is 17.4 Å². The fourth-order valence-corrected chi connectivity index (χ4v) is 4.32. The molecule has 0 spiro atoms. The van der Waals surface area contributed by atoms with Crippen LogP contribution in [0, 0.1) is 5.82 Å². The lowest BCUT2D eigenvalue weighted by molar-refractivity contribution is 0.462. The molecule has 2 heterocycles. The van der Waals surface area contributed by atoms with Gasteiger partial charge in [-0.1, -0.05) is 18.2 Å². The average molecular weight is 424 g/mol. The summed E-state index contributed by atoms with van der Waals surface area (Å²) in [6.45, 7) is 0. The van der Waals surface area contributed by atoms with Crippen LogP contribution in [0.1, 0.15) is 5.56 Å². The van der Waals surface area contributed by atoms with Crippen molar-refractivity contribution in [3.05, 3.63) is 78.5 Å². The lowest BCUT2D eigenvalue weighted by Gasteiger charge is -2.10. The summed E-state index contributed by atoms with van der Waals surface area (Å²) in [5.74, 6) is 1.50. The highest BCUT2D eigenvalue weighted by atomic mass is 32.2. The Bertz CT molecular complexity index is 1120.